The quantitative estimate of drug-likeness (QED) is 0.648. The molecule has 0 aliphatic rings. The highest BCUT2D eigenvalue weighted by Crippen LogP contribution is 2.26. The van der Waals surface area contributed by atoms with Crippen molar-refractivity contribution < 1.29 is 27.1 Å². The Bertz CT molecular complexity index is 1120. The van der Waals surface area contributed by atoms with E-state index in [2.05, 4.69) is 15.0 Å². The molecule has 2 heterocycles. The monoisotopic (exact) mass is 409 g/mol. The third kappa shape index (κ3) is 4.94. The number of hydrogen-bond acceptors (Lipinski definition) is 5. The Balaban J connectivity index is 1.79. The fourth-order valence-electron chi connectivity index (χ4n) is 2.52. The number of aromatic amines is 1. The summed E-state index contributed by atoms with van der Waals surface area (Å²) in [5, 5.41) is 2.34. The Hall–Kier alpha value is -3.76. The van der Waals surface area contributed by atoms with Gasteiger partial charge in [-0.25, -0.2) is 4.79 Å². The van der Waals surface area contributed by atoms with Gasteiger partial charge < -0.3 is 19.5 Å². The first-order chi connectivity index (χ1) is 13.7. The zero-order chi connectivity index (χ0) is 21.0. The van der Waals surface area contributed by atoms with E-state index in [0.29, 0.717) is 5.76 Å². The molecule has 0 bridgehead atoms. The average Bonchev–Trinajstić information content (AvgIpc) is 3.16. The first-order valence-electron chi connectivity index (χ1n) is 8.21. The maximum absolute atomic E-state index is 12.5. The van der Waals surface area contributed by atoms with Crippen molar-refractivity contribution in [1.82, 2.24) is 14.9 Å². The van der Waals surface area contributed by atoms with Crippen LogP contribution in [0.5, 0.6) is 5.75 Å². The van der Waals surface area contributed by atoms with Crippen LogP contribution in [0.1, 0.15) is 21.7 Å². The second kappa shape index (κ2) is 8.09. The van der Waals surface area contributed by atoms with Crippen LogP contribution in [-0.4, -0.2) is 21.8 Å². The molecule has 0 aliphatic carbocycles. The number of carbonyl (C=O) groups is 1. The molecule has 3 rings (SSSR count). The predicted octanol–water partition coefficient (Wildman–Crippen LogP) is 2.01. The molecule has 0 fully saturated rings. The van der Waals surface area contributed by atoms with Crippen LogP contribution in [0.25, 0.3) is 0 Å². The zero-order valence-electron chi connectivity index (χ0n) is 14.7. The third-order valence-electron chi connectivity index (χ3n) is 3.84. The summed E-state index contributed by atoms with van der Waals surface area (Å²) in [6.07, 6.45) is -2.58. The lowest BCUT2D eigenvalue weighted by molar-refractivity contribution is -0.274. The lowest BCUT2D eigenvalue weighted by Gasteiger charge is -2.13. The maximum atomic E-state index is 12.5. The summed E-state index contributed by atoms with van der Waals surface area (Å²) in [5.41, 5.74) is -1.95. The molecule has 8 nitrogen and oxygen atoms in total. The molecule has 1 amide bonds. The number of alkyl halides is 3. The van der Waals surface area contributed by atoms with Gasteiger partial charge in [-0.3, -0.25) is 14.2 Å². The molecule has 29 heavy (non-hydrogen) atoms. The number of H-pyrrole nitrogens is 1. The Morgan fingerprint density at radius 1 is 1.17 bits per heavy atom. The molecule has 2 aromatic heterocycles. The number of halogens is 3. The molecule has 0 atom stereocenters. The van der Waals surface area contributed by atoms with Crippen molar-refractivity contribution in [3.05, 3.63) is 86.6 Å². The molecular weight excluding hydrogens is 395 g/mol. The Kier molecular flexibility index (Phi) is 5.57. The number of benzene rings is 1. The van der Waals surface area contributed by atoms with Gasteiger partial charge in [0.25, 0.3) is 11.5 Å². The Morgan fingerprint density at radius 3 is 2.62 bits per heavy atom. The van der Waals surface area contributed by atoms with Crippen molar-refractivity contribution in [2.75, 3.05) is 0 Å². The molecule has 2 N–H and O–H groups in total. The van der Waals surface area contributed by atoms with Crippen molar-refractivity contribution in [3.63, 3.8) is 0 Å². The van der Waals surface area contributed by atoms with Crippen molar-refractivity contribution in [2.24, 2.45) is 0 Å². The minimum absolute atomic E-state index is 0.0542. The molecule has 152 valence electrons. The van der Waals surface area contributed by atoms with Crippen molar-refractivity contribution in [2.45, 2.75) is 19.5 Å². The van der Waals surface area contributed by atoms with Gasteiger partial charge in [-0.2, -0.15) is 0 Å². The van der Waals surface area contributed by atoms with Crippen LogP contribution in [-0.2, 0) is 13.1 Å². The molecule has 0 saturated carbocycles. The average molecular weight is 409 g/mol. The van der Waals surface area contributed by atoms with Crippen molar-refractivity contribution in [1.29, 1.82) is 0 Å². The second-order valence-corrected chi connectivity index (χ2v) is 5.82. The van der Waals surface area contributed by atoms with E-state index in [0.717, 1.165) is 16.8 Å². The first kappa shape index (κ1) is 20.0. The number of hydrogen-bond donors (Lipinski definition) is 2. The lowest BCUT2D eigenvalue weighted by atomic mass is 10.2. The fraction of sp³-hybridized carbons (Fsp3) is 0.167. The number of furan rings is 1. The number of nitrogens with zero attached hydrogens (tertiary/aromatic N) is 1. The normalized spacial score (nSPS) is 11.3. The highest BCUT2D eigenvalue weighted by Gasteiger charge is 2.32. The number of amides is 1. The van der Waals surface area contributed by atoms with Gasteiger partial charge in [0.05, 0.1) is 12.8 Å². The van der Waals surface area contributed by atoms with Crippen LogP contribution in [0.15, 0.2) is 62.9 Å². The van der Waals surface area contributed by atoms with Gasteiger partial charge in [0.2, 0.25) is 0 Å². The zero-order valence-corrected chi connectivity index (χ0v) is 14.7. The number of nitrogens with one attached hydrogen (secondary N) is 2. The van der Waals surface area contributed by atoms with Gasteiger partial charge in [-0.15, -0.1) is 13.2 Å². The van der Waals surface area contributed by atoms with Crippen LogP contribution >= 0.6 is 0 Å². The molecule has 1 aromatic carbocycles. The smallest absolute Gasteiger partial charge is 0.467 e. The standard InChI is InChI=1S/C18H14F3N3O5/c19-18(20,21)29-14-6-2-1-4-11(14)8-22-15(25)13-9-23-17(27)24(16(13)26)10-12-5-3-7-28-12/h1-7,9H,8,10H2,(H,22,25)(H,23,27). The number of ether oxygens (including phenoxy) is 1. The number of carbonyl (C=O) groups excluding carboxylic acids is 1. The van der Waals surface area contributed by atoms with E-state index in [9.17, 15) is 27.6 Å². The van der Waals surface area contributed by atoms with E-state index in [-0.39, 0.29) is 24.2 Å². The van der Waals surface area contributed by atoms with Crippen molar-refractivity contribution >= 4 is 5.91 Å². The van der Waals surface area contributed by atoms with Gasteiger partial charge in [0.15, 0.2) is 0 Å². The topological polar surface area (TPSA) is 106 Å². The van der Waals surface area contributed by atoms with Crippen LogP contribution in [0.3, 0.4) is 0 Å². The SMILES string of the molecule is O=C(NCc1ccccc1OC(F)(F)F)c1c[nH]c(=O)n(Cc2ccco2)c1=O. The second-order valence-electron chi connectivity index (χ2n) is 5.82. The van der Waals surface area contributed by atoms with Gasteiger partial charge in [-0.1, -0.05) is 18.2 Å². The molecular formula is C18H14F3N3O5. The fourth-order valence-corrected chi connectivity index (χ4v) is 2.52. The minimum Gasteiger partial charge on any atom is -0.467 e. The van der Waals surface area contributed by atoms with Crippen LogP contribution < -0.4 is 21.3 Å². The summed E-state index contributed by atoms with van der Waals surface area (Å²) in [7, 11) is 0. The summed E-state index contributed by atoms with van der Waals surface area (Å²) in [6.45, 7) is -0.521. The van der Waals surface area contributed by atoms with Crippen LogP contribution in [0, 0.1) is 0 Å². The Morgan fingerprint density at radius 2 is 1.93 bits per heavy atom. The van der Waals surface area contributed by atoms with E-state index in [1.165, 1.54) is 24.5 Å². The predicted molar refractivity (Wildman–Crippen MR) is 93.4 cm³/mol. The van der Waals surface area contributed by atoms with Crippen molar-refractivity contribution in [3.8, 4) is 5.75 Å². The number of rotatable bonds is 6. The van der Waals surface area contributed by atoms with E-state index in [1.807, 2.05) is 0 Å². The van der Waals surface area contributed by atoms with Gasteiger partial charge in [0, 0.05) is 18.3 Å². The molecule has 0 unspecified atom stereocenters. The summed E-state index contributed by atoms with van der Waals surface area (Å²) >= 11 is 0. The maximum Gasteiger partial charge on any atom is 0.573 e. The summed E-state index contributed by atoms with van der Waals surface area (Å²) < 4.78 is 47.2. The molecule has 11 heteroatoms. The van der Waals surface area contributed by atoms with E-state index >= 15 is 0 Å². The molecule has 0 aliphatic heterocycles. The van der Waals surface area contributed by atoms with Crippen LogP contribution in [0.2, 0.25) is 0 Å². The van der Waals surface area contributed by atoms with E-state index in [1.54, 1.807) is 12.1 Å². The van der Waals surface area contributed by atoms with Gasteiger partial charge in [0.1, 0.15) is 17.1 Å². The highest BCUT2D eigenvalue weighted by atomic mass is 19.4. The summed E-state index contributed by atoms with van der Waals surface area (Å²) in [6, 6.07) is 8.39. The highest BCUT2D eigenvalue weighted by molar-refractivity contribution is 5.93. The lowest BCUT2D eigenvalue weighted by Crippen LogP contribution is -2.40. The van der Waals surface area contributed by atoms with Gasteiger partial charge in [-0.05, 0) is 18.2 Å². The molecule has 0 saturated heterocycles. The molecule has 0 radical (unpaired) electrons. The minimum atomic E-state index is -4.89. The summed E-state index contributed by atoms with van der Waals surface area (Å²) in [5.74, 6) is -1.02. The summed E-state index contributed by atoms with van der Waals surface area (Å²) in [4.78, 5) is 39.0. The van der Waals surface area contributed by atoms with Gasteiger partial charge >= 0.3 is 12.1 Å². The van der Waals surface area contributed by atoms with Crippen LogP contribution in [0.4, 0.5) is 13.2 Å². The van der Waals surface area contributed by atoms with E-state index in [4.69, 9.17) is 4.42 Å². The number of para-hydroxylation sites is 1. The third-order valence-corrected chi connectivity index (χ3v) is 3.84. The molecule has 0 spiro atoms. The molecule has 3 aromatic rings. The first-order valence-corrected chi connectivity index (χ1v) is 8.21. The Labute approximate surface area is 160 Å². The van der Waals surface area contributed by atoms with E-state index < -0.39 is 29.3 Å². The largest absolute Gasteiger partial charge is 0.573 e. The number of aromatic nitrogens is 2.